The maximum atomic E-state index is 13.6. The lowest BCUT2D eigenvalue weighted by Gasteiger charge is -2.26. The van der Waals surface area contributed by atoms with Crippen LogP contribution < -0.4 is 21.7 Å². The number of nitrogens with zero attached hydrogens (tertiary/aromatic N) is 2. The van der Waals surface area contributed by atoms with Gasteiger partial charge >= 0.3 is 0 Å². The summed E-state index contributed by atoms with van der Waals surface area (Å²) in [6.45, 7) is 6.03. The minimum absolute atomic E-state index is 0.0744. The Hall–Kier alpha value is -4.54. The van der Waals surface area contributed by atoms with Crippen LogP contribution in [0.4, 0.5) is 5.82 Å². The number of imidazole rings is 1. The van der Waals surface area contributed by atoms with E-state index in [2.05, 4.69) is 58.2 Å². The number of hydrogen-bond donors (Lipinski definition) is 4. The molecule has 0 aliphatic heterocycles. The number of unbranched alkanes of at least 4 members (excludes halogenated alkanes) is 2. The Morgan fingerprint density at radius 3 is 2.41 bits per heavy atom. The molecule has 1 aliphatic rings. The van der Waals surface area contributed by atoms with Crippen molar-refractivity contribution in [1.82, 2.24) is 20.2 Å². The third kappa shape index (κ3) is 9.98. The molecule has 46 heavy (non-hydrogen) atoms. The van der Waals surface area contributed by atoms with E-state index >= 15 is 0 Å². The zero-order valence-corrected chi connectivity index (χ0v) is 26.9. The molecule has 4 rings (SSSR count). The predicted molar refractivity (Wildman–Crippen MR) is 180 cm³/mol. The van der Waals surface area contributed by atoms with Crippen molar-refractivity contribution < 1.29 is 19.1 Å². The molecule has 1 aromatic heterocycles. The molecule has 0 fully saturated rings. The van der Waals surface area contributed by atoms with E-state index in [0.29, 0.717) is 13.0 Å². The van der Waals surface area contributed by atoms with Crippen LogP contribution in [0.2, 0.25) is 0 Å². The highest BCUT2D eigenvalue weighted by atomic mass is 16.5. The Labute approximate surface area is 271 Å². The highest BCUT2D eigenvalue weighted by molar-refractivity contribution is 5.98. The largest absolute Gasteiger partial charge is 0.374 e. The van der Waals surface area contributed by atoms with Crippen LogP contribution in [0.3, 0.4) is 0 Å². The van der Waals surface area contributed by atoms with Gasteiger partial charge in [-0.3, -0.25) is 14.4 Å². The smallest absolute Gasteiger partial charge is 0.250 e. The van der Waals surface area contributed by atoms with Gasteiger partial charge in [-0.05, 0) is 43.4 Å². The van der Waals surface area contributed by atoms with Gasteiger partial charge in [-0.2, -0.15) is 0 Å². The topological polar surface area (TPSA) is 140 Å². The van der Waals surface area contributed by atoms with E-state index in [-0.39, 0.29) is 30.9 Å². The molecule has 2 aromatic carbocycles. The summed E-state index contributed by atoms with van der Waals surface area (Å²) < 4.78 is 7.54. The second-order valence-electron chi connectivity index (χ2n) is 12.2. The van der Waals surface area contributed by atoms with E-state index in [1.54, 1.807) is 30.9 Å². The number of nitrogens with one attached hydrogen (secondary N) is 3. The maximum Gasteiger partial charge on any atom is 0.250 e. The fourth-order valence-corrected chi connectivity index (χ4v) is 5.12. The van der Waals surface area contributed by atoms with Crippen molar-refractivity contribution in [1.29, 1.82) is 0 Å². The van der Waals surface area contributed by atoms with E-state index < -0.39 is 29.4 Å². The lowest BCUT2D eigenvalue weighted by atomic mass is 9.87. The summed E-state index contributed by atoms with van der Waals surface area (Å²) in [6, 6.07) is 18.1. The third-order valence-corrected chi connectivity index (χ3v) is 7.77. The van der Waals surface area contributed by atoms with Crippen LogP contribution in [0.1, 0.15) is 63.6 Å². The zero-order valence-electron chi connectivity index (χ0n) is 26.9. The molecule has 10 heteroatoms. The minimum Gasteiger partial charge on any atom is -0.374 e. The number of anilines is 1. The lowest BCUT2D eigenvalue weighted by molar-refractivity contribution is -0.130. The fourth-order valence-electron chi connectivity index (χ4n) is 5.12. The Morgan fingerprint density at radius 2 is 1.76 bits per heavy atom. The van der Waals surface area contributed by atoms with Gasteiger partial charge in [0.1, 0.15) is 12.1 Å². The summed E-state index contributed by atoms with van der Waals surface area (Å²) in [5, 5.41) is 8.58. The number of ether oxygens (including phenoxy) is 1. The number of carbonyl (C=O) groups is 3. The molecule has 3 amide bonds. The third-order valence-electron chi connectivity index (χ3n) is 7.77. The van der Waals surface area contributed by atoms with Gasteiger partial charge < -0.3 is 31.0 Å². The monoisotopic (exact) mass is 626 g/mol. The number of rotatable bonds is 16. The van der Waals surface area contributed by atoms with Crippen molar-refractivity contribution in [3.05, 3.63) is 103 Å². The minimum atomic E-state index is -1.19. The van der Waals surface area contributed by atoms with Crippen LogP contribution in [0.15, 0.2) is 91.4 Å². The van der Waals surface area contributed by atoms with Gasteiger partial charge in [0, 0.05) is 18.7 Å². The average Bonchev–Trinajstić information content (AvgIpc) is 3.51. The van der Waals surface area contributed by atoms with Gasteiger partial charge in [-0.1, -0.05) is 98.7 Å². The molecule has 3 atom stereocenters. The Balaban J connectivity index is 1.48. The Kier molecular flexibility index (Phi) is 12.4. The maximum absolute atomic E-state index is 13.6. The van der Waals surface area contributed by atoms with Crippen molar-refractivity contribution in [2.45, 2.75) is 70.7 Å². The molecule has 0 saturated carbocycles. The Bertz CT molecular complexity index is 1490. The lowest BCUT2D eigenvalue weighted by Crippen LogP contribution is -2.56. The first kappa shape index (κ1) is 34.3. The van der Waals surface area contributed by atoms with Crippen LogP contribution >= 0.6 is 0 Å². The summed E-state index contributed by atoms with van der Waals surface area (Å²) in [4.78, 5) is 44.1. The van der Waals surface area contributed by atoms with E-state index in [9.17, 15) is 14.4 Å². The molecule has 0 saturated heterocycles. The van der Waals surface area contributed by atoms with Crippen LogP contribution in [-0.2, 0) is 25.7 Å². The molecule has 0 bridgehead atoms. The first-order valence-corrected chi connectivity index (χ1v) is 15.9. The molecule has 0 spiro atoms. The number of hydrogen-bond acceptors (Lipinski definition) is 6. The van der Waals surface area contributed by atoms with Crippen LogP contribution in [0.25, 0.3) is 5.57 Å². The number of nitrogens with two attached hydrogens (primary N) is 1. The molecule has 1 heterocycles. The molecule has 2 unspecified atom stereocenters. The number of allylic oxidation sites excluding steroid dienone is 4. The van der Waals surface area contributed by atoms with Gasteiger partial charge in [0.2, 0.25) is 11.8 Å². The normalized spacial score (nSPS) is 15.8. The van der Waals surface area contributed by atoms with E-state index in [1.807, 2.05) is 48.5 Å². The summed E-state index contributed by atoms with van der Waals surface area (Å²) in [7, 11) is 0. The highest BCUT2D eigenvalue weighted by Gasteiger charge is 2.31. The van der Waals surface area contributed by atoms with Crippen LogP contribution in [-0.4, -0.2) is 52.0 Å². The highest BCUT2D eigenvalue weighted by Crippen LogP contribution is 2.32. The van der Waals surface area contributed by atoms with Gasteiger partial charge in [0.25, 0.3) is 5.91 Å². The summed E-state index contributed by atoms with van der Waals surface area (Å²) >= 11 is 0. The van der Waals surface area contributed by atoms with E-state index in [1.165, 1.54) is 0 Å². The summed E-state index contributed by atoms with van der Waals surface area (Å²) in [6.07, 6.45) is 13.1. The molecule has 1 aliphatic carbocycles. The standard InChI is InChI=1S/C36H46N6O4/c1-4-5-12-21-38-34(44)32(29-19-17-28(18-20-29)27-15-10-7-11-16-27)42-22-31(39-25-42)41-33(43)30(40-35(45)36(2,3)37)24-46-23-26-13-8-6-9-14-26/h6-11,13-19,22,25,29-30,32H,4-5,12,20-21,23-24,37H2,1-3H3,(H,38,44)(H,40,45)(H,41,43)/t29?,30-,32?/m1/s1. The average molecular weight is 627 g/mol. The number of carbonyl (C=O) groups excluding carboxylic acids is 3. The molecule has 244 valence electrons. The van der Waals surface area contributed by atoms with Crippen LogP contribution in [0.5, 0.6) is 0 Å². The van der Waals surface area contributed by atoms with Crippen molar-refractivity contribution in [3.63, 3.8) is 0 Å². The van der Waals surface area contributed by atoms with Gasteiger partial charge in [-0.25, -0.2) is 4.98 Å². The molecule has 3 aromatic rings. The molecule has 10 nitrogen and oxygen atoms in total. The van der Waals surface area contributed by atoms with Gasteiger partial charge in [0.05, 0.1) is 25.1 Å². The quantitative estimate of drug-likeness (QED) is 0.169. The number of amides is 3. The molecular formula is C36H46N6O4. The first-order valence-electron chi connectivity index (χ1n) is 15.9. The molecule has 5 N–H and O–H groups in total. The van der Waals surface area contributed by atoms with Crippen molar-refractivity contribution in [2.24, 2.45) is 11.7 Å². The van der Waals surface area contributed by atoms with Crippen molar-refractivity contribution in [3.8, 4) is 0 Å². The van der Waals surface area contributed by atoms with E-state index in [0.717, 1.165) is 36.0 Å². The molecule has 0 radical (unpaired) electrons. The summed E-state index contributed by atoms with van der Waals surface area (Å²) in [5.74, 6) is -0.981. The van der Waals surface area contributed by atoms with Gasteiger partial charge in [-0.15, -0.1) is 0 Å². The van der Waals surface area contributed by atoms with E-state index in [4.69, 9.17) is 10.5 Å². The zero-order chi connectivity index (χ0) is 32.9. The predicted octanol–water partition coefficient (Wildman–Crippen LogP) is 4.77. The van der Waals surface area contributed by atoms with Crippen molar-refractivity contribution >= 4 is 29.1 Å². The number of aromatic nitrogens is 2. The van der Waals surface area contributed by atoms with Crippen molar-refractivity contribution in [2.75, 3.05) is 18.5 Å². The SMILES string of the molecule is CCCCCNC(=O)C(C1C=CC(c2ccccc2)=CC1)n1cnc(NC(=O)[C@@H](COCc2ccccc2)NC(=O)C(C)(C)N)c1. The summed E-state index contributed by atoms with van der Waals surface area (Å²) in [5.41, 5.74) is 7.96. The second-order valence-corrected chi connectivity index (χ2v) is 12.2. The number of benzene rings is 2. The first-order chi connectivity index (χ1) is 22.2. The molecular weight excluding hydrogens is 580 g/mol. The van der Waals surface area contributed by atoms with Gasteiger partial charge in [0.15, 0.2) is 5.82 Å². The van der Waals surface area contributed by atoms with Crippen LogP contribution in [0, 0.1) is 5.92 Å². The Morgan fingerprint density at radius 1 is 1.04 bits per heavy atom. The second kappa shape index (κ2) is 16.7. The fraction of sp³-hybridized carbons (Fsp3) is 0.389.